The Kier molecular flexibility index (Phi) is 5.17. The van der Waals surface area contributed by atoms with Crippen LogP contribution >= 0.6 is 0 Å². The van der Waals surface area contributed by atoms with E-state index in [2.05, 4.69) is 6.07 Å². The molecule has 0 radical (unpaired) electrons. The molecule has 0 aliphatic rings. The van der Waals surface area contributed by atoms with Crippen LogP contribution in [0.25, 0.3) is 11.6 Å². The third-order valence-electron chi connectivity index (χ3n) is 3.51. The van der Waals surface area contributed by atoms with E-state index >= 15 is 0 Å². The molecule has 24 heavy (non-hydrogen) atoms. The number of benzene rings is 2. The third-order valence-corrected chi connectivity index (χ3v) is 3.51. The van der Waals surface area contributed by atoms with Crippen molar-refractivity contribution in [2.75, 3.05) is 14.2 Å². The summed E-state index contributed by atoms with van der Waals surface area (Å²) in [5.41, 5.74) is 2.19. The first-order valence-electron chi connectivity index (χ1n) is 7.09. The van der Waals surface area contributed by atoms with Crippen LogP contribution in [0, 0.1) is 28.4 Å². The number of aryl methyl sites for hydroxylation is 1. The maximum absolute atomic E-state index is 11.3. The summed E-state index contributed by atoms with van der Waals surface area (Å²) < 4.78 is 10.3. The van der Waals surface area contributed by atoms with E-state index in [0.717, 1.165) is 5.56 Å². The van der Waals surface area contributed by atoms with Gasteiger partial charge in [-0.1, -0.05) is 29.8 Å². The number of nitro benzene ring substituents is 1. The topological polar surface area (TPSA) is 85.4 Å². The number of methoxy groups -OCH3 is 2. The highest BCUT2D eigenvalue weighted by atomic mass is 16.6. The zero-order valence-electron chi connectivity index (χ0n) is 13.6. The quantitative estimate of drug-likeness (QED) is 0.359. The second kappa shape index (κ2) is 7.29. The lowest BCUT2D eigenvalue weighted by Gasteiger charge is -2.09. The second-order valence-electron chi connectivity index (χ2n) is 5.06. The molecule has 0 heterocycles. The van der Waals surface area contributed by atoms with Crippen LogP contribution in [0.15, 0.2) is 36.4 Å². The Labute approximate surface area is 139 Å². The first kappa shape index (κ1) is 17.0. The largest absolute Gasteiger partial charge is 0.493 e. The number of nitro groups is 1. The monoisotopic (exact) mass is 324 g/mol. The molecule has 2 aromatic rings. The van der Waals surface area contributed by atoms with Crippen LogP contribution in [0.4, 0.5) is 5.69 Å². The summed E-state index contributed by atoms with van der Waals surface area (Å²) in [4.78, 5) is 10.8. The SMILES string of the molecule is COc1cc(/C=C(/C#N)c2ccc(C)cc2)c([N+](=O)[O-])cc1OC. The molecule has 6 nitrogen and oxygen atoms in total. The first-order valence-corrected chi connectivity index (χ1v) is 7.09. The summed E-state index contributed by atoms with van der Waals surface area (Å²) in [6.45, 7) is 1.94. The fourth-order valence-electron chi connectivity index (χ4n) is 2.23. The van der Waals surface area contributed by atoms with Crippen molar-refractivity contribution in [2.24, 2.45) is 0 Å². The van der Waals surface area contributed by atoms with Crippen molar-refractivity contribution >= 4 is 17.3 Å². The highest BCUT2D eigenvalue weighted by Crippen LogP contribution is 2.36. The van der Waals surface area contributed by atoms with Gasteiger partial charge in [0.05, 0.1) is 42.4 Å². The molecule has 0 amide bonds. The molecule has 0 spiro atoms. The van der Waals surface area contributed by atoms with Crippen LogP contribution in [-0.4, -0.2) is 19.1 Å². The summed E-state index contributed by atoms with van der Waals surface area (Å²) in [6.07, 6.45) is 1.48. The Morgan fingerprint density at radius 2 is 1.75 bits per heavy atom. The maximum Gasteiger partial charge on any atom is 0.280 e. The fraction of sp³-hybridized carbons (Fsp3) is 0.167. The van der Waals surface area contributed by atoms with E-state index in [0.29, 0.717) is 16.9 Å². The Morgan fingerprint density at radius 3 is 2.25 bits per heavy atom. The van der Waals surface area contributed by atoms with Gasteiger partial charge in [0.2, 0.25) is 0 Å². The molecule has 0 aliphatic heterocycles. The van der Waals surface area contributed by atoms with Crippen LogP contribution in [0.3, 0.4) is 0 Å². The van der Waals surface area contributed by atoms with E-state index in [1.807, 2.05) is 19.1 Å². The highest BCUT2D eigenvalue weighted by molar-refractivity contribution is 5.91. The molecular formula is C18H16N2O4. The van der Waals surface area contributed by atoms with Crippen molar-refractivity contribution in [3.05, 3.63) is 63.2 Å². The Morgan fingerprint density at radius 1 is 1.17 bits per heavy atom. The van der Waals surface area contributed by atoms with Gasteiger partial charge in [-0.3, -0.25) is 10.1 Å². The molecule has 0 saturated heterocycles. The van der Waals surface area contributed by atoms with E-state index in [-0.39, 0.29) is 17.0 Å². The number of hydrogen-bond acceptors (Lipinski definition) is 5. The van der Waals surface area contributed by atoms with Crippen LogP contribution < -0.4 is 9.47 Å². The molecule has 0 bridgehead atoms. The van der Waals surface area contributed by atoms with Crippen molar-refractivity contribution in [3.63, 3.8) is 0 Å². The molecule has 0 unspecified atom stereocenters. The summed E-state index contributed by atoms with van der Waals surface area (Å²) in [5, 5.41) is 20.8. The minimum Gasteiger partial charge on any atom is -0.493 e. The number of nitrogens with zero attached hydrogens (tertiary/aromatic N) is 2. The van der Waals surface area contributed by atoms with Gasteiger partial charge < -0.3 is 9.47 Å². The van der Waals surface area contributed by atoms with Crippen molar-refractivity contribution in [1.82, 2.24) is 0 Å². The van der Waals surface area contributed by atoms with E-state index < -0.39 is 4.92 Å². The van der Waals surface area contributed by atoms with Crippen LogP contribution in [-0.2, 0) is 0 Å². The molecule has 0 N–H and O–H groups in total. The molecule has 0 aliphatic carbocycles. The second-order valence-corrected chi connectivity index (χ2v) is 5.06. The molecule has 0 saturated carbocycles. The number of allylic oxidation sites excluding steroid dienone is 1. The molecular weight excluding hydrogens is 308 g/mol. The van der Waals surface area contributed by atoms with Gasteiger partial charge in [-0.05, 0) is 24.6 Å². The van der Waals surface area contributed by atoms with Crippen LogP contribution in [0.1, 0.15) is 16.7 Å². The first-order chi connectivity index (χ1) is 11.5. The smallest absolute Gasteiger partial charge is 0.280 e. The van der Waals surface area contributed by atoms with Crippen LogP contribution in [0.5, 0.6) is 11.5 Å². The van der Waals surface area contributed by atoms with Crippen molar-refractivity contribution in [3.8, 4) is 17.6 Å². The minimum atomic E-state index is -0.516. The summed E-state index contributed by atoms with van der Waals surface area (Å²) in [6, 6.07) is 12.2. The summed E-state index contributed by atoms with van der Waals surface area (Å²) >= 11 is 0. The average molecular weight is 324 g/mol. The molecule has 2 aromatic carbocycles. The van der Waals surface area contributed by atoms with Gasteiger partial charge in [0, 0.05) is 0 Å². The lowest BCUT2D eigenvalue weighted by Crippen LogP contribution is -1.97. The number of hydrogen-bond donors (Lipinski definition) is 0. The molecule has 122 valence electrons. The van der Waals surface area contributed by atoms with Crippen molar-refractivity contribution in [1.29, 1.82) is 5.26 Å². The number of ether oxygens (including phenoxy) is 2. The van der Waals surface area contributed by atoms with Gasteiger partial charge in [-0.2, -0.15) is 5.26 Å². The molecule has 0 aromatic heterocycles. The predicted molar refractivity (Wildman–Crippen MR) is 90.9 cm³/mol. The average Bonchev–Trinajstić information content (AvgIpc) is 2.59. The molecule has 6 heteroatoms. The number of nitriles is 1. The molecule has 0 atom stereocenters. The number of rotatable bonds is 5. The Bertz CT molecular complexity index is 833. The van der Waals surface area contributed by atoms with Gasteiger partial charge in [0.25, 0.3) is 5.69 Å². The van der Waals surface area contributed by atoms with Gasteiger partial charge in [-0.15, -0.1) is 0 Å². The standard InChI is InChI=1S/C18H16N2O4/c1-12-4-6-13(7-5-12)15(11-19)8-14-9-17(23-2)18(24-3)10-16(14)20(21)22/h4-10H,1-3H3/b15-8-. The summed E-state index contributed by atoms with van der Waals surface area (Å²) in [7, 11) is 2.85. The van der Waals surface area contributed by atoms with E-state index in [4.69, 9.17) is 9.47 Å². The Hall–Kier alpha value is -3.33. The zero-order valence-corrected chi connectivity index (χ0v) is 13.6. The van der Waals surface area contributed by atoms with Gasteiger partial charge in [0.1, 0.15) is 0 Å². The minimum absolute atomic E-state index is 0.160. The molecule has 0 fully saturated rings. The Balaban J connectivity index is 2.62. The van der Waals surface area contributed by atoms with E-state index in [9.17, 15) is 15.4 Å². The highest BCUT2D eigenvalue weighted by Gasteiger charge is 2.19. The lowest BCUT2D eigenvalue weighted by molar-refractivity contribution is -0.385. The molecule has 2 rings (SSSR count). The summed E-state index contributed by atoms with van der Waals surface area (Å²) in [5.74, 6) is 0.616. The lowest BCUT2D eigenvalue weighted by atomic mass is 10.0. The van der Waals surface area contributed by atoms with Crippen LogP contribution in [0.2, 0.25) is 0 Å². The maximum atomic E-state index is 11.3. The zero-order chi connectivity index (χ0) is 17.7. The van der Waals surface area contributed by atoms with Gasteiger partial charge >= 0.3 is 0 Å². The van der Waals surface area contributed by atoms with Crippen molar-refractivity contribution < 1.29 is 14.4 Å². The van der Waals surface area contributed by atoms with E-state index in [1.165, 1.54) is 32.4 Å². The normalized spacial score (nSPS) is 10.8. The third kappa shape index (κ3) is 3.52. The van der Waals surface area contributed by atoms with Crippen molar-refractivity contribution in [2.45, 2.75) is 6.92 Å². The fourth-order valence-corrected chi connectivity index (χ4v) is 2.23. The predicted octanol–water partition coefficient (Wildman–Crippen LogP) is 3.98. The van der Waals surface area contributed by atoms with Gasteiger partial charge in [0.15, 0.2) is 11.5 Å². The van der Waals surface area contributed by atoms with Gasteiger partial charge in [-0.25, -0.2) is 0 Å². The van der Waals surface area contributed by atoms with E-state index in [1.54, 1.807) is 12.1 Å².